The van der Waals surface area contributed by atoms with E-state index in [1.165, 1.54) is 29.9 Å². The summed E-state index contributed by atoms with van der Waals surface area (Å²) < 4.78 is 20.9. The number of hydrogen-bond donors (Lipinski definition) is 1. The van der Waals surface area contributed by atoms with E-state index in [4.69, 9.17) is 22.1 Å². The Kier molecular flexibility index (Phi) is 4.40. The van der Waals surface area contributed by atoms with Crippen molar-refractivity contribution in [3.05, 3.63) is 53.4 Å². The molecule has 1 radical (unpaired) electrons. The number of carbonyl (C=O) groups excluding carboxylic acids is 1. The van der Waals surface area contributed by atoms with Gasteiger partial charge < -0.3 is 10.5 Å². The third-order valence-corrected chi connectivity index (χ3v) is 4.17. The minimum Gasteiger partial charge on any atom is -0.426 e. The zero-order valence-corrected chi connectivity index (χ0v) is 13.2. The maximum atomic E-state index is 14.5. The van der Waals surface area contributed by atoms with E-state index in [1.54, 1.807) is 18.5 Å². The van der Waals surface area contributed by atoms with Crippen LogP contribution in [0.15, 0.2) is 30.6 Å². The lowest BCUT2D eigenvalue weighted by molar-refractivity contribution is -0.117. The quantitative estimate of drug-likeness (QED) is 0.761. The first-order chi connectivity index (χ1) is 11.0. The number of ether oxygens (including phenoxy) is 1. The number of pyridine rings is 1. The van der Waals surface area contributed by atoms with Gasteiger partial charge >= 0.3 is 0 Å². The molecule has 0 saturated carbocycles. The number of amides is 1. The van der Waals surface area contributed by atoms with Crippen LogP contribution in [0.3, 0.4) is 0 Å². The average molecular weight is 351 g/mol. The first-order valence-corrected chi connectivity index (χ1v) is 7.72. The van der Waals surface area contributed by atoms with Gasteiger partial charge in [0.2, 0.25) is 5.91 Å². The number of carbonyl (C=O) groups is 1. The molecule has 1 aromatic carbocycles. The van der Waals surface area contributed by atoms with Gasteiger partial charge in [0, 0.05) is 19.0 Å². The van der Waals surface area contributed by atoms with Gasteiger partial charge in [-0.3, -0.25) is 9.78 Å². The number of nitrogens with zero attached hydrogens (tertiary/aromatic N) is 2. The highest BCUT2D eigenvalue weighted by molar-refractivity contribution is 7.20. The van der Waals surface area contributed by atoms with Gasteiger partial charge in [-0.1, -0.05) is 29.0 Å². The lowest BCUT2D eigenvalue weighted by Crippen LogP contribution is -2.10. The number of rotatable bonds is 5. The molecule has 0 aliphatic heterocycles. The minimum absolute atomic E-state index is 0.0786. The monoisotopic (exact) mass is 350 g/mol. The van der Waals surface area contributed by atoms with E-state index in [0.717, 1.165) is 4.70 Å². The van der Waals surface area contributed by atoms with Crippen LogP contribution in [-0.2, 0) is 4.79 Å². The van der Waals surface area contributed by atoms with Crippen molar-refractivity contribution in [1.29, 1.82) is 0 Å². The Bertz CT molecular complexity index is 851. The predicted molar refractivity (Wildman–Crippen MR) is 86.1 cm³/mol. The SMILES string of the molecule is NC(=O)C[CH]c1ccc(Cl)c(Oc2nc3cnccc3s2)c1F. The second-order valence-electron chi connectivity index (χ2n) is 4.58. The van der Waals surface area contributed by atoms with Crippen molar-refractivity contribution in [2.45, 2.75) is 6.42 Å². The molecule has 1 amide bonds. The van der Waals surface area contributed by atoms with E-state index < -0.39 is 11.7 Å². The molecule has 0 bridgehead atoms. The molecule has 0 saturated heterocycles. The first kappa shape index (κ1) is 15.6. The van der Waals surface area contributed by atoms with Crippen LogP contribution in [0.2, 0.25) is 5.02 Å². The van der Waals surface area contributed by atoms with Gasteiger partial charge in [0.15, 0.2) is 11.6 Å². The summed E-state index contributed by atoms with van der Waals surface area (Å²) in [5.74, 6) is -1.37. The topological polar surface area (TPSA) is 78.1 Å². The largest absolute Gasteiger partial charge is 0.426 e. The standard InChI is InChI=1S/C15H10ClFN3O2S/c16-9-3-1-8(2-4-12(18)21)13(17)14(9)22-15-20-10-7-19-6-5-11(10)23-15/h1-3,5-7H,4H2,(H2,18,21). The molecule has 0 atom stereocenters. The Morgan fingerprint density at radius 1 is 1.43 bits per heavy atom. The summed E-state index contributed by atoms with van der Waals surface area (Å²) in [6.45, 7) is 0. The first-order valence-electron chi connectivity index (χ1n) is 6.52. The predicted octanol–water partition coefficient (Wildman–Crippen LogP) is 3.70. The molecule has 117 valence electrons. The van der Waals surface area contributed by atoms with Crippen molar-refractivity contribution in [2.75, 3.05) is 0 Å². The number of fused-ring (bicyclic) bond motifs is 1. The van der Waals surface area contributed by atoms with Crippen LogP contribution in [0.25, 0.3) is 10.2 Å². The van der Waals surface area contributed by atoms with Crippen LogP contribution < -0.4 is 10.5 Å². The zero-order valence-electron chi connectivity index (χ0n) is 11.6. The van der Waals surface area contributed by atoms with E-state index in [9.17, 15) is 9.18 Å². The van der Waals surface area contributed by atoms with Gasteiger partial charge in [-0.25, -0.2) is 9.37 Å². The molecule has 0 aliphatic rings. The zero-order chi connectivity index (χ0) is 16.4. The van der Waals surface area contributed by atoms with Gasteiger partial charge in [0.25, 0.3) is 5.19 Å². The molecule has 2 N–H and O–H groups in total. The molecule has 8 heteroatoms. The van der Waals surface area contributed by atoms with Crippen LogP contribution in [0.5, 0.6) is 10.9 Å². The fraction of sp³-hybridized carbons (Fsp3) is 0.0667. The molecular weight excluding hydrogens is 341 g/mol. The molecule has 5 nitrogen and oxygen atoms in total. The number of primary amides is 1. The van der Waals surface area contributed by atoms with Gasteiger partial charge in [-0.05, 0) is 17.7 Å². The van der Waals surface area contributed by atoms with E-state index >= 15 is 0 Å². The van der Waals surface area contributed by atoms with Crippen molar-refractivity contribution in [3.63, 3.8) is 0 Å². The van der Waals surface area contributed by atoms with Crippen LogP contribution in [0.4, 0.5) is 4.39 Å². The smallest absolute Gasteiger partial charge is 0.280 e. The summed E-state index contributed by atoms with van der Waals surface area (Å²) in [5, 5.41) is 0.358. The second kappa shape index (κ2) is 6.47. The Hall–Kier alpha value is -2.25. The lowest BCUT2D eigenvalue weighted by Gasteiger charge is -2.09. The van der Waals surface area contributed by atoms with Gasteiger partial charge in [-0.2, -0.15) is 0 Å². The Morgan fingerprint density at radius 2 is 2.26 bits per heavy atom. The summed E-state index contributed by atoms with van der Waals surface area (Å²) in [7, 11) is 0. The highest BCUT2D eigenvalue weighted by Crippen LogP contribution is 2.37. The maximum absolute atomic E-state index is 14.5. The molecule has 2 heterocycles. The van der Waals surface area contributed by atoms with Crippen LogP contribution >= 0.6 is 22.9 Å². The number of hydrogen-bond acceptors (Lipinski definition) is 5. The van der Waals surface area contributed by atoms with Crippen molar-refractivity contribution in [1.82, 2.24) is 9.97 Å². The van der Waals surface area contributed by atoms with E-state index in [2.05, 4.69) is 9.97 Å². The summed E-state index contributed by atoms with van der Waals surface area (Å²) in [5.41, 5.74) is 5.90. The normalized spacial score (nSPS) is 10.9. The number of aromatic nitrogens is 2. The third kappa shape index (κ3) is 3.40. The molecule has 3 rings (SSSR count). The Morgan fingerprint density at radius 3 is 3.00 bits per heavy atom. The highest BCUT2D eigenvalue weighted by Gasteiger charge is 2.17. The van der Waals surface area contributed by atoms with Crippen LogP contribution in [-0.4, -0.2) is 15.9 Å². The molecule has 0 unspecified atom stereocenters. The average Bonchev–Trinajstić information content (AvgIpc) is 2.93. The van der Waals surface area contributed by atoms with Gasteiger partial charge in [0.1, 0.15) is 5.52 Å². The van der Waals surface area contributed by atoms with Gasteiger partial charge in [0.05, 0.1) is 15.9 Å². The number of benzene rings is 1. The summed E-state index contributed by atoms with van der Waals surface area (Å²) in [4.78, 5) is 19.0. The molecule has 23 heavy (non-hydrogen) atoms. The lowest BCUT2D eigenvalue weighted by atomic mass is 10.1. The maximum Gasteiger partial charge on any atom is 0.280 e. The Balaban J connectivity index is 1.92. The molecule has 0 aliphatic carbocycles. The fourth-order valence-corrected chi connectivity index (χ4v) is 2.87. The highest BCUT2D eigenvalue weighted by atomic mass is 35.5. The fourth-order valence-electron chi connectivity index (χ4n) is 1.90. The van der Waals surface area contributed by atoms with Crippen molar-refractivity contribution < 1.29 is 13.9 Å². The number of nitrogens with two attached hydrogens (primary N) is 1. The van der Waals surface area contributed by atoms with E-state index in [-0.39, 0.29) is 28.0 Å². The van der Waals surface area contributed by atoms with Crippen molar-refractivity contribution in [3.8, 4) is 10.9 Å². The molecule has 3 aromatic rings. The van der Waals surface area contributed by atoms with Crippen LogP contribution in [0.1, 0.15) is 12.0 Å². The molecule has 0 fully saturated rings. The van der Waals surface area contributed by atoms with Crippen molar-refractivity contribution in [2.24, 2.45) is 5.73 Å². The minimum atomic E-state index is -0.670. The van der Waals surface area contributed by atoms with E-state index in [1.807, 2.05) is 0 Å². The molecule has 2 aromatic heterocycles. The second-order valence-corrected chi connectivity index (χ2v) is 5.98. The Labute approximate surface area is 139 Å². The number of thiazole rings is 1. The third-order valence-electron chi connectivity index (χ3n) is 2.96. The van der Waals surface area contributed by atoms with E-state index in [0.29, 0.717) is 5.52 Å². The van der Waals surface area contributed by atoms with Crippen LogP contribution in [0, 0.1) is 12.2 Å². The summed E-state index contributed by atoms with van der Waals surface area (Å²) >= 11 is 7.26. The van der Waals surface area contributed by atoms with Crippen molar-refractivity contribution >= 4 is 39.1 Å². The van der Waals surface area contributed by atoms with Gasteiger partial charge in [-0.15, -0.1) is 0 Å². The number of halogens is 2. The molecular formula is C15H10ClFN3O2S. The summed E-state index contributed by atoms with van der Waals surface area (Å²) in [6, 6.07) is 4.73. The summed E-state index contributed by atoms with van der Waals surface area (Å²) in [6.07, 6.45) is 4.53. The molecule has 0 spiro atoms.